The molecule has 3 N–H and O–H groups in total. The molecule has 0 radical (unpaired) electrons. The van der Waals surface area contributed by atoms with Crippen molar-refractivity contribution in [3.63, 3.8) is 0 Å². The Morgan fingerprint density at radius 1 is 1.05 bits per heavy atom. The van der Waals surface area contributed by atoms with Crippen LogP contribution in [0, 0.1) is 0 Å². The van der Waals surface area contributed by atoms with Crippen molar-refractivity contribution in [1.82, 2.24) is 10.6 Å². The van der Waals surface area contributed by atoms with Crippen molar-refractivity contribution in [2.45, 2.75) is 57.6 Å². The number of nitrogens with one attached hydrogen (secondary N) is 3. The second-order valence-corrected chi connectivity index (χ2v) is 10.1. The monoisotopic (exact) mass is 553 g/mol. The average molecular weight is 554 g/mol. The summed E-state index contributed by atoms with van der Waals surface area (Å²) in [5, 5.41) is 9.12. The van der Waals surface area contributed by atoms with Crippen LogP contribution in [-0.4, -0.2) is 58.9 Å². The Bertz CT molecular complexity index is 1290. The predicted octanol–water partition coefficient (Wildman–Crippen LogP) is 3.35. The molecular formula is C30H39N3O7. The first-order valence-corrected chi connectivity index (χ1v) is 13.8. The Labute approximate surface area is 234 Å². The highest BCUT2D eigenvalue weighted by atomic mass is 16.5. The Hall–Kier alpha value is -3.79. The number of aryl methyl sites for hydroxylation is 1. The maximum Gasteiger partial charge on any atom is 0.220 e. The van der Waals surface area contributed by atoms with Gasteiger partial charge in [-0.1, -0.05) is 6.07 Å². The molecule has 1 saturated heterocycles. The number of amides is 2. The van der Waals surface area contributed by atoms with Crippen LogP contribution in [0.5, 0.6) is 17.2 Å². The fraction of sp³-hybridized carbons (Fsp3) is 0.500. The van der Waals surface area contributed by atoms with Gasteiger partial charge in [0.2, 0.25) is 23.0 Å². The molecule has 2 aromatic rings. The van der Waals surface area contributed by atoms with Gasteiger partial charge in [0.1, 0.15) is 0 Å². The van der Waals surface area contributed by atoms with E-state index in [1.54, 1.807) is 33.5 Å². The molecule has 2 amide bonds. The molecule has 10 nitrogen and oxygen atoms in total. The fourth-order valence-corrected chi connectivity index (χ4v) is 5.45. The first-order valence-electron chi connectivity index (χ1n) is 13.8. The van der Waals surface area contributed by atoms with Gasteiger partial charge >= 0.3 is 0 Å². The topological polar surface area (TPSA) is 124 Å². The number of rotatable bonds is 11. The quantitative estimate of drug-likeness (QED) is 0.362. The summed E-state index contributed by atoms with van der Waals surface area (Å²) in [5.41, 5.74) is 3.43. The van der Waals surface area contributed by atoms with E-state index < -0.39 is 0 Å². The first kappa shape index (κ1) is 29.2. The van der Waals surface area contributed by atoms with Crippen LogP contribution in [0.25, 0.3) is 11.1 Å². The molecule has 2 aliphatic rings. The third-order valence-electron chi connectivity index (χ3n) is 7.36. The van der Waals surface area contributed by atoms with Crippen LogP contribution in [-0.2, 0) is 20.7 Å². The number of fused-ring (bicyclic) bond motifs is 3. The second-order valence-electron chi connectivity index (χ2n) is 10.1. The smallest absolute Gasteiger partial charge is 0.220 e. The summed E-state index contributed by atoms with van der Waals surface area (Å²) in [4.78, 5) is 37.7. The van der Waals surface area contributed by atoms with Crippen molar-refractivity contribution in [3.8, 4) is 28.4 Å². The standard InChI is InChI=1S/C30H39N3O7/c1-18(34)33-23-11-9-19-15-26(37-2)29(38-3)30(39-4)28(19)21-10-12-24(25(35)16-22(21)23)31-13-5-8-27(36)32-17-20-7-6-14-40-20/h10,12,15-16,20,23H,5-9,11,13-14,17H2,1-4H3,(H,31,35)(H,32,36)(H,33,34)/t20-,23+/m1/s1. The minimum atomic E-state index is -0.373. The number of hydrogen-bond acceptors (Lipinski definition) is 8. The Balaban J connectivity index is 1.60. The van der Waals surface area contributed by atoms with Crippen molar-refractivity contribution in [2.75, 3.05) is 46.3 Å². The molecule has 4 rings (SSSR count). The molecule has 2 atom stereocenters. The predicted molar refractivity (Wildman–Crippen MR) is 152 cm³/mol. The third kappa shape index (κ3) is 6.67. The van der Waals surface area contributed by atoms with Crippen LogP contribution in [0.1, 0.15) is 56.2 Å². The van der Waals surface area contributed by atoms with Crippen LogP contribution in [0.2, 0.25) is 0 Å². The number of carbonyl (C=O) groups is 2. The lowest BCUT2D eigenvalue weighted by Crippen LogP contribution is -2.31. The highest BCUT2D eigenvalue weighted by Crippen LogP contribution is 2.50. The number of hydrogen-bond donors (Lipinski definition) is 3. The molecule has 1 aliphatic heterocycles. The van der Waals surface area contributed by atoms with Gasteiger partial charge in [0.15, 0.2) is 11.5 Å². The van der Waals surface area contributed by atoms with Crippen molar-refractivity contribution >= 4 is 17.5 Å². The van der Waals surface area contributed by atoms with E-state index in [1.165, 1.54) is 6.92 Å². The molecule has 40 heavy (non-hydrogen) atoms. The van der Waals surface area contributed by atoms with Crippen LogP contribution >= 0.6 is 0 Å². The van der Waals surface area contributed by atoms with Crippen LogP contribution in [0.3, 0.4) is 0 Å². The zero-order valence-corrected chi connectivity index (χ0v) is 23.7. The summed E-state index contributed by atoms with van der Waals surface area (Å²) < 4.78 is 22.6. The van der Waals surface area contributed by atoms with Gasteiger partial charge in [0, 0.05) is 38.6 Å². The maximum absolute atomic E-state index is 13.4. The Kier molecular flexibility index (Phi) is 9.87. The number of ether oxygens (including phenoxy) is 4. The molecule has 0 spiro atoms. The molecule has 0 bridgehead atoms. The molecule has 216 valence electrons. The average Bonchev–Trinajstić information content (AvgIpc) is 3.36. The van der Waals surface area contributed by atoms with Gasteiger partial charge in [-0.25, -0.2) is 0 Å². The van der Waals surface area contributed by atoms with Gasteiger partial charge < -0.3 is 34.9 Å². The normalized spacial score (nSPS) is 17.6. The molecule has 1 fully saturated rings. The number of anilines is 1. The lowest BCUT2D eigenvalue weighted by Gasteiger charge is -2.19. The SMILES string of the molecule is COc1cc2c(c(OC)c1OC)-c1ccc(NCCCC(=O)NC[C@H]3CCCO3)c(=O)cc1[C@@H](NC(C)=O)CC2. The molecule has 2 aromatic carbocycles. The van der Waals surface area contributed by atoms with E-state index in [0.29, 0.717) is 67.3 Å². The minimum Gasteiger partial charge on any atom is -0.493 e. The molecule has 10 heteroatoms. The van der Waals surface area contributed by atoms with E-state index in [1.807, 2.05) is 12.1 Å². The molecule has 1 aliphatic carbocycles. The summed E-state index contributed by atoms with van der Waals surface area (Å²) in [6.07, 6.45) is 4.25. The van der Waals surface area contributed by atoms with E-state index in [2.05, 4.69) is 16.0 Å². The zero-order chi connectivity index (χ0) is 28.6. The third-order valence-corrected chi connectivity index (χ3v) is 7.36. The minimum absolute atomic E-state index is 0.0313. The van der Waals surface area contributed by atoms with E-state index in [0.717, 1.165) is 36.1 Å². The number of benzene rings is 1. The van der Waals surface area contributed by atoms with E-state index in [-0.39, 0.29) is 29.4 Å². The Morgan fingerprint density at radius 2 is 1.85 bits per heavy atom. The maximum atomic E-state index is 13.4. The lowest BCUT2D eigenvalue weighted by atomic mass is 9.95. The first-order chi connectivity index (χ1) is 19.4. The largest absolute Gasteiger partial charge is 0.493 e. The Morgan fingerprint density at radius 3 is 2.52 bits per heavy atom. The summed E-state index contributed by atoms with van der Waals surface area (Å²) >= 11 is 0. The van der Waals surface area contributed by atoms with E-state index in [4.69, 9.17) is 18.9 Å². The summed E-state index contributed by atoms with van der Waals surface area (Å²) in [5.74, 6) is 1.29. The van der Waals surface area contributed by atoms with Crippen LogP contribution in [0.4, 0.5) is 5.69 Å². The molecule has 0 unspecified atom stereocenters. The number of carbonyl (C=O) groups excluding carboxylic acids is 2. The lowest BCUT2D eigenvalue weighted by molar-refractivity contribution is -0.121. The van der Waals surface area contributed by atoms with Crippen molar-refractivity contribution < 1.29 is 28.5 Å². The van der Waals surface area contributed by atoms with Crippen LogP contribution < -0.4 is 35.6 Å². The zero-order valence-electron chi connectivity index (χ0n) is 23.7. The summed E-state index contributed by atoms with van der Waals surface area (Å²) in [6.45, 7) is 3.21. The van der Waals surface area contributed by atoms with Gasteiger partial charge in [-0.05, 0) is 67.0 Å². The summed E-state index contributed by atoms with van der Waals surface area (Å²) in [7, 11) is 4.69. The highest BCUT2D eigenvalue weighted by Gasteiger charge is 2.29. The van der Waals surface area contributed by atoms with Gasteiger partial charge in [-0.15, -0.1) is 0 Å². The van der Waals surface area contributed by atoms with Crippen molar-refractivity contribution in [2.24, 2.45) is 0 Å². The molecule has 0 saturated carbocycles. The van der Waals surface area contributed by atoms with Crippen LogP contribution in [0.15, 0.2) is 29.1 Å². The van der Waals surface area contributed by atoms with Crippen molar-refractivity contribution in [1.29, 1.82) is 0 Å². The van der Waals surface area contributed by atoms with Gasteiger partial charge in [0.25, 0.3) is 0 Å². The molecular weight excluding hydrogens is 514 g/mol. The van der Waals surface area contributed by atoms with Gasteiger partial charge in [-0.3, -0.25) is 14.4 Å². The van der Waals surface area contributed by atoms with E-state index >= 15 is 0 Å². The highest BCUT2D eigenvalue weighted by molar-refractivity contribution is 5.83. The van der Waals surface area contributed by atoms with Crippen molar-refractivity contribution in [3.05, 3.63) is 45.6 Å². The number of methoxy groups -OCH3 is 3. The van der Waals surface area contributed by atoms with E-state index in [9.17, 15) is 14.4 Å². The molecule has 0 aromatic heterocycles. The second kappa shape index (κ2) is 13.5. The van der Waals surface area contributed by atoms with Gasteiger partial charge in [0.05, 0.1) is 39.2 Å². The molecule has 1 heterocycles. The fourth-order valence-electron chi connectivity index (χ4n) is 5.45. The van der Waals surface area contributed by atoms with Gasteiger partial charge in [-0.2, -0.15) is 0 Å². The summed E-state index contributed by atoms with van der Waals surface area (Å²) in [6, 6.07) is 6.75.